The van der Waals surface area contributed by atoms with Crippen LogP contribution in [0.4, 0.5) is 4.39 Å². The number of likely N-dealkylation sites (N-methyl/N-ethyl adjacent to an activating group) is 1. The minimum Gasteiger partial charge on any atom is -0.335 e. The van der Waals surface area contributed by atoms with Crippen LogP contribution in [0.15, 0.2) is 73.1 Å². The number of nitrogens with zero attached hydrogens (tertiary/aromatic N) is 5. The number of fused-ring (bicyclic) bond motifs is 1. The summed E-state index contributed by atoms with van der Waals surface area (Å²) in [5.41, 5.74) is 2.72. The Morgan fingerprint density at radius 1 is 1.12 bits per heavy atom. The summed E-state index contributed by atoms with van der Waals surface area (Å²) in [7, 11) is 2.02. The van der Waals surface area contributed by atoms with Crippen LogP contribution in [0.5, 0.6) is 0 Å². The molecule has 166 valence electrons. The van der Waals surface area contributed by atoms with Crippen LogP contribution in [-0.4, -0.2) is 57.1 Å². The minimum atomic E-state index is -0.502. The van der Waals surface area contributed by atoms with Crippen molar-refractivity contribution in [2.75, 3.05) is 20.1 Å². The molecule has 1 saturated heterocycles. The highest BCUT2D eigenvalue weighted by molar-refractivity contribution is 5.95. The molecule has 0 atom stereocenters. The van der Waals surface area contributed by atoms with Gasteiger partial charge in [-0.05, 0) is 36.9 Å². The largest absolute Gasteiger partial charge is 0.335 e. The van der Waals surface area contributed by atoms with E-state index in [2.05, 4.69) is 20.1 Å². The third kappa shape index (κ3) is 4.45. The van der Waals surface area contributed by atoms with E-state index in [1.165, 1.54) is 6.07 Å². The van der Waals surface area contributed by atoms with Gasteiger partial charge in [-0.3, -0.25) is 14.7 Å². The van der Waals surface area contributed by atoms with Crippen LogP contribution in [0.3, 0.4) is 0 Å². The molecule has 0 N–H and O–H groups in total. The molecule has 1 amide bonds. The van der Waals surface area contributed by atoms with Gasteiger partial charge in [-0.2, -0.15) is 10.2 Å². The van der Waals surface area contributed by atoms with Crippen LogP contribution in [0.25, 0.3) is 10.8 Å². The molecule has 3 heterocycles. The summed E-state index contributed by atoms with van der Waals surface area (Å²) in [5.74, 6) is -0.779. The van der Waals surface area contributed by atoms with Gasteiger partial charge >= 0.3 is 0 Å². The molecule has 0 aliphatic carbocycles. The predicted octanol–water partition coefficient (Wildman–Crippen LogP) is 3.71. The van der Waals surface area contributed by atoms with Crippen molar-refractivity contribution >= 4 is 16.7 Å². The molecular weight excluding hydrogens is 417 g/mol. The molecule has 0 unspecified atom stereocenters. The normalized spacial score (nSPS) is 14.0. The van der Waals surface area contributed by atoms with E-state index in [0.717, 1.165) is 27.7 Å². The van der Waals surface area contributed by atoms with E-state index in [0.29, 0.717) is 26.1 Å². The van der Waals surface area contributed by atoms with Crippen LogP contribution in [0.1, 0.15) is 27.3 Å². The molecule has 1 fully saturated rings. The van der Waals surface area contributed by atoms with E-state index in [4.69, 9.17) is 0 Å². The summed E-state index contributed by atoms with van der Waals surface area (Å²) >= 11 is 0. The van der Waals surface area contributed by atoms with Gasteiger partial charge in [0.25, 0.3) is 5.91 Å². The molecule has 6 nitrogen and oxygen atoms in total. The fourth-order valence-electron chi connectivity index (χ4n) is 4.20. The molecule has 4 aromatic rings. The van der Waals surface area contributed by atoms with Crippen molar-refractivity contribution < 1.29 is 9.18 Å². The topological polar surface area (TPSA) is 62.2 Å². The smallest absolute Gasteiger partial charge is 0.256 e. The van der Waals surface area contributed by atoms with Crippen LogP contribution in [-0.2, 0) is 13.0 Å². The number of halogens is 1. The van der Waals surface area contributed by atoms with Crippen molar-refractivity contribution in [1.29, 1.82) is 0 Å². The van der Waals surface area contributed by atoms with E-state index < -0.39 is 5.82 Å². The first kappa shape index (κ1) is 21.2. The number of amides is 1. The lowest BCUT2D eigenvalue weighted by Crippen LogP contribution is -2.60. The van der Waals surface area contributed by atoms with Crippen LogP contribution >= 0.6 is 0 Å². The van der Waals surface area contributed by atoms with Crippen LogP contribution in [0.2, 0.25) is 0 Å². The van der Waals surface area contributed by atoms with E-state index in [1.54, 1.807) is 29.4 Å². The third-order valence-corrected chi connectivity index (χ3v) is 6.19. The summed E-state index contributed by atoms with van der Waals surface area (Å²) < 4.78 is 14.6. The van der Waals surface area contributed by atoms with Crippen molar-refractivity contribution in [2.45, 2.75) is 19.0 Å². The Labute approximate surface area is 191 Å². The van der Waals surface area contributed by atoms with Crippen molar-refractivity contribution in [3.05, 3.63) is 101 Å². The SMILES string of the molecule is CN(Cc1ccccn1)C1CN(C(=O)c2cc(Cc3nncc4ccccc34)ccc2F)C1. The summed E-state index contributed by atoms with van der Waals surface area (Å²) in [6, 6.07) is 18.7. The van der Waals surface area contributed by atoms with E-state index >= 15 is 0 Å². The van der Waals surface area contributed by atoms with Gasteiger partial charge in [0.05, 0.1) is 23.1 Å². The number of hydrogen-bond donors (Lipinski definition) is 0. The maximum Gasteiger partial charge on any atom is 0.256 e. The lowest BCUT2D eigenvalue weighted by molar-refractivity contribution is 0.0314. The molecule has 5 rings (SSSR count). The first-order valence-corrected chi connectivity index (χ1v) is 11.0. The summed E-state index contributed by atoms with van der Waals surface area (Å²) in [5, 5.41) is 10.4. The van der Waals surface area contributed by atoms with E-state index in [9.17, 15) is 9.18 Å². The van der Waals surface area contributed by atoms with Gasteiger partial charge < -0.3 is 4.90 Å². The molecule has 33 heavy (non-hydrogen) atoms. The van der Waals surface area contributed by atoms with Crippen molar-refractivity contribution in [1.82, 2.24) is 25.0 Å². The first-order chi connectivity index (χ1) is 16.1. The number of pyridine rings is 1. The number of hydrogen-bond acceptors (Lipinski definition) is 5. The molecule has 1 aliphatic rings. The molecule has 0 saturated carbocycles. The molecule has 2 aromatic heterocycles. The Morgan fingerprint density at radius 3 is 2.76 bits per heavy atom. The highest BCUT2D eigenvalue weighted by atomic mass is 19.1. The molecular formula is C26H24FN5O. The molecule has 0 spiro atoms. The van der Waals surface area contributed by atoms with Crippen LogP contribution < -0.4 is 0 Å². The zero-order valence-corrected chi connectivity index (χ0v) is 18.4. The number of rotatable bonds is 6. The second-order valence-corrected chi connectivity index (χ2v) is 8.47. The monoisotopic (exact) mass is 441 g/mol. The van der Waals surface area contributed by atoms with Gasteiger partial charge in [-0.15, -0.1) is 0 Å². The van der Waals surface area contributed by atoms with Crippen molar-refractivity contribution in [3.8, 4) is 0 Å². The molecule has 2 aromatic carbocycles. The van der Waals surface area contributed by atoms with Crippen molar-refractivity contribution in [2.24, 2.45) is 0 Å². The van der Waals surface area contributed by atoms with Gasteiger partial charge in [0.2, 0.25) is 0 Å². The average Bonchev–Trinajstić information content (AvgIpc) is 2.80. The Hall–Kier alpha value is -3.71. The zero-order chi connectivity index (χ0) is 22.8. The molecule has 7 heteroatoms. The second kappa shape index (κ2) is 9.03. The summed E-state index contributed by atoms with van der Waals surface area (Å²) in [6.07, 6.45) is 3.98. The van der Waals surface area contributed by atoms with Gasteiger partial charge in [0.1, 0.15) is 5.82 Å². The number of carbonyl (C=O) groups is 1. The Bertz CT molecular complexity index is 1290. The molecule has 0 radical (unpaired) electrons. The maximum atomic E-state index is 14.6. The predicted molar refractivity (Wildman–Crippen MR) is 124 cm³/mol. The maximum absolute atomic E-state index is 14.6. The van der Waals surface area contributed by atoms with Crippen molar-refractivity contribution in [3.63, 3.8) is 0 Å². The fourth-order valence-corrected chi connectivity index (χ4v) is 4.20. The lowest BCUT2D eigenvalue weighted by atomic mass is 10.0. The quantitative estimate of drug-likeness (QED) is 0.457. The molecule has 0 bridgehead atoms. The Kier molecular flexibility index (Phi) is 5.79. The second-order valence-electron chi connectivity index (χ2n) is 8.47. The zero-order valence-electron chi connectivity index (χ0n) is 18.4. The third-order valence-electron chi connectivity index (χ3n) is 6.19. The van der Waals surface area contributed by atoms with E-state index in [1.807, 2.05) is 49.5 Å². The highest BCUT2D eigenvalue weighted by Crippen LogP contribution is 2.23. The standard InChI is InChI=1S/C26H24FN5O/c1-31(15-20-7-4-5-11-28-20)21-16-32(17-21)26(33)23-12-18(9-10-24(23)27)13-25-22-8-3-2-6-19(22)14-29-30-25/h2-12,14,21H,13,15-17H2,1H3. The lowest BCUT2D eigenvalue weighted by Gasteiger charge is -2.44. The number of benzene rings is 2. The number of likely N-dealkylation sites (tertiary alicyclic amines) is 1. The van der Waals surface area contributed by atoms with Gasteiger partial charge in [-0.1, -0.05) is 36.4 Å². The minimum absolute atomic E-state index is 0.103. The van der Waals surface area contributed by atoms with Gasteiger partial charge in [-0.25, -0.2) is 4.39 Å². The Balaban J connectivity index is 1.27. The van der Waals surface area contributed by atoms with Crippen LogP contribution in [0, 0.1) is 5.82 Å². The number of aromatic nitrogens is 3. The first-order valence-electron chi connectivity index (χ1n) is 11.0. The summed E-state index contributed by atoms with van der Waals surface area (Å²) in [6.45, 7) is 1.85. The molecule has 1 aliphatic heterocycles. The van der Waals surface area contributed by atoms with Gasteiger partial charge in [0, 0.05) is 49.1 Å². The number of carbonyl (C=O) groups excluding carboxylic acids is 1. The average molecular weight is 442 g/mol. The Morgan fingerprint density at radius 2 is 1.94 bits per heavy atom. The van der Waals surface area contributed by atoms with E-state index in [-0.39, 0.29) is 17.5 Å². The highest BCUT2D eigenvalue weighted by Gasteiger charge is 2.34. The van der Waals surface area contributed by atoms with Gasteiger partial charge in [0.15, 0.2) is 0 Å². The summed E-state index contributed by atoms with van der Waals surface area (Å²) in [4.78, 5) is 21.2. The fraction of sp³-hybridized carbons (Fsp3) is 0.231.